The highest BCUT2D eigenvalue weighted by Crippen LogP contribution is 2.16. The largest absolute Gasteiger partial charge is 0.408 e. The van der Waals surface area contributed by atoms with Gasteiger partial charge in [0.1, 0.15) is 25.0 Å². The van der Waals surface area contributed by atoms with E-state index in [1.807, 2.05) is 0 Å². The van der Waals surface area contributed by atoms with Crippen molar-refractivity contribution in [2.45, 2.75) is 26.2 Å². The molecule has 2 aromatic rings. The average molecular weight is 359 g/mol. The quantitative estimate of drug-likeness (QED) is 0.469. The number of alkyl halides is 3. The maximum Gasteiger partial charge on any atom is 0.408 e. The Morgan fingerprint density at radius 1 is 1.52 bits per heavy atom. The Morgan fingerprint density at radius 3 is 2.84 bits per heavy atom. The molecule has 0 fully saturated rings. The van der Waals surface area contributed by atoms with Crippen LogP contribution < -0.4 is 5.43 Å². The van der Waals surface area contributed by atoms with Gasteiger partial charge in [0.2, 0.25) is 5.82 Å². The summed E-state index contributed by atoms with van der Waals surface area (Å²) in [4.78, 5) is 25.3. The molecule has 0 spiro atoms. The topological polar surface area (TPSA) is 120 Å². The van der Waals surface area contributed by atoms with Crippen LogP contribution in [0.25, 0.3) is 0 Å². The van der Waals surface area contributed by atoms with Crippen molar-refractivity contribution in [3.05, 3.63) is 40.1 Å². The van der Waals surface area contributed by atoms with Gasteiger partial charge in [-0.15, -0.1) is 0 Å². The van der Waals surface area contributed by atoms with Gasteiger partial charge in [0, 0.05) is 13.1 Å². The lowest BCUT2D eigenvalue weighted by Gasteiger charge is -2.04. The Balaban J connectivity index is 1.89. The Kier molecular flexibility index (Phi) is 5.14. The predicted octanol–water partition coefficient (Wildman–Crippen LogP) is 1.01. The van der Waals surface area contributed by atoms with Crippen molar-refractivity contribution in [2.75, 3.05) is 0 Å². The van der Waals surface area contributed by atoms with E-state index in [2.05, 4.69) is 20.6 Å². The fourth-order valence-electron chi connectivity index (χ4n) is 1.82. The van der Waals surface area contributed by atoms with Gasteiger partial charge in [-0.2, -0.15) is 23.4 Å². The first kappa shape index (κ1) is 18.1. The summed E-state index contributed by atoms with van der Waals surface area (Å²) < 4.78 is 38.6. The van der Waals surface area contributed by atoms with Crippen LogP contribution in [0.5, 0.6) is 0 Å². The second-order valence-electron chi connectivity index (χ2n) is 4.88. The number of halogens is 3. The van der Waals surface area contributed by atoms with Crippen molar-refractivity contribution >= 4 is 17.9 Å². The number of nitrogens with one attached hydrogen (secondary N) is 1. The minimum absolute atomic E-state index is 0.124. The summed E-state index contributed by atoms with van der Waals surface area (Å²) in [6.07, 6.45) is -1.07. The number of rotatable bonds is 6. The van der Waals surface area contributed by atoms with Crippen molar-refractivity contribution in [2.24, 2.45) is 5.10 Å². The summed E-state index contributed by atoms with van der Waals surface area (Å²) in [5, 5.41) is 17.8. The van der Waals surface area contributed by atoms with Crippen LogP contribution >= 0.6 is 0 Å². The standard InChI is InChI=1S/C12H12F3N7O3/c1-8-17-10(22(24)25)5-20(8)6-11(23)18-16-4-9-2-3-21(19-9)7-12(13,14)15/h2-5H,6-7H2,1H3,(H,18,23). The van der Waals surface area contributed by atoms with E-state index in [-0.39, 0.29) is 23.9 Å². The first-order valence-electron chi connectivity index (χ1n) is 6.74. The molecule has 0 aromatic carbocycles. The molecular formula is C12H12F3N7O3. The van der Waals surface area contributed by atoms with Crippen molar-refractivity contribution < 1.29 is 22.9 Å². The molecule has 2 heterocycles. The third kappa shape index (κ3) is 5.40. The molecule has 25 heavy (non-hydrogen) atoms. The minimum atomic E-state index is -4.39. The number of carbonyl (C=O) groups excluding carboxylic acids is 1. The first-order valence-corrected chi connectivity index (χ1v) is 6.74. The van der Waals surface area contributed by atoms with Crippen LogP contribution in [-0.2, 0) is 17.9 Å². The molecule has 0 saturated heterocycles. The molecule has 0 radical (unpaired) electrons. The van der Waals surface area contributed by atoms with Gasteiger partial charge in [-0.05, 0) is 16.0 Å². The summed E-state index contributed by atoms with van der Waals surface area (Å²) in [5.41, 5.74) is 2.27. The van der Waals surface area contributed by atoms with Crippen molar-refractivity contribution in [3.8, 4) is 0 Å². The van der Waals surface area contributed by atoms with E-state index >= 15 is 0 Å². The third-order valence-electron chi connectivity index (χ3n) is 2.85. The van der Waals surface area contributed by atoms with Crippen LogP contribution in [0.4, 0.5) is 19.0 Å². The lowest BCUT2D eigenvalue weighted by molar-refractivity contribution is -0.389. The highest BCUT2D eigenvalue weighted by molar-refractivity contribution is 5.80. The second-order valence-corrected chi connectivity index (χ2v) is 4.88. The normalized spacial score (nSPS) is 11.8. The maximum atomic E-state index is 12.2. The van der Waals surface area contributed by atoms with E-state index < -0.39 is 23.6 Å². The van der Waals surface area contributed by atoms with Gasteiger partial charge in [0.25, 0.3) is 5.91 Å². The van der Waals surface area contributed by atoms with Crippen LogP contribution in [0.2, 0.25) is 0 Å². The lowest BCUT2D eigenvalue weighted by Crippen LogP contribution is -2.23. The zero-order valence-corrected chi connectivity index (χ0v) is 12.8. The summed E-state index contributed by atoms with van der Waals surface area (Å²) in [7, 11) is 0. The van der Waals surface area contributed by atoms with Crippen LogP contribution in [0.1, 0.15) is 11.5 Å². The van der Waals surface area contributed by atoms with E-state index in [1.165, 1.54) is 17.6 Å². The zero-order valence-electron chi connectivity index (χ0n) is 12.8. The fourth-order valence-corrected chi connectivity index (χ4v) is 1.82. The monoisotopic (exact) mass is 359 g/mol. The smallest absolute Gasteiger partial charge is 0.358 e. The van der Waals surface area contributed by atoms with Crippen molar-refractivity contribution in [1.82, 2.24) is 24.8 Å². The number of aryl methyl sites for hydroxylation is 1. The molecule has 2 rings (SSSR count). The van der Waals surface area contributed by atoms with Gasteiger partial charge < -0.3 is 10.1 Å². The van der Waals surface area contributed by atoms with Crippen LogP contribution in [0.3, 0.4) is 0 Å². The predicted molar refractivity (Wildman–Crippen MR) is 77.6 cm³/mol. The van der Waals surface area contributed by atoms with E-state index in [0.29, 0.717) is 4.68 Å². The van der Waals surface area contributed by atoms with Gasteiger partial charge in [-0.3, -0.25) is 14.0 Å². The molecule has 134 valence electrons. The lowest BCUT2D eigenvalue weighted by atomic mass is 10.5. The number of aromatic nitrogens is 4. The SMILES string of the molecule is Cc1nc([N+](=O)[O-])cn1CC(=O)NN=Cc1ccn(CC(F)(F)F)n1. The molecule has 0 unspecified atom stereocenters. The summed E-state index contributed by atoms with van der Waals surface area (Å²) in [6, 6.07) is 1.30. The number of imidazole rings is 1. The molecule has 0 aliphatic rings. The van der Waals surface area contributed by atoms with Gasteiger partial charge in [0.15, 0.2) is 0 Å². The first-order chi connectivity index (χ1) is 11.6. The van der Waals surface area contributed by atoms with Gasteiger partial charge in [0.05, 0.1) is 6.21 Å². The number of nitrogens with zero attached hydrogens (tertiary/aromatic N) is 6. The molecule has 0 aliphatic carbocycles. The van der Waals surface area contributed by atoms with E-state index in [4.69, 9.17) is 0 Å². The van der Waals surface area contributed by atoms with Crippen LogP contribution in [-0.4, -0.2) is 42.6 Å². The number of hydrogen-bond donors (Lipinski definition) is 1. The van der Waals surface area contributed by atoms with Crippen LogP contribution in [0.15, 0.2) is 23.6 Å². The number of amides is 1. The number of hydrazone groups is 1. The van der Waals surface area contributed by atoms with Gasteiger partial charge in [-0.1, -0.05) is 0 Å². The van der Waals surface area contributed by atoms with Crippen molar-refractivity contribution in [3.63, 3.8) is 0 Å². The molecular weight excluding hydrogens is 347 g/mol. The second kappa shape index (κ2) is 7.11. The third-order valence-corrected chi connectivity index (χ3v) is 2.85. The highest BCUT2D eigenvalue weighted by Gasteiger charge is 2.28. The summed E-state index contributed by atoms with van der Waals surface area (Å²) >= 11 is 0. The summed E-state index contributed by atoms with van der Waals surface area (Å²) in [5.74, 6) is -0.706. The Labute approximate surface area is 138 Å². The molecule has 13 heteroatoms. The molecule has 1 amide bonds. The Morgan fingerprint density at radius 2 is 2.24 bits per heavy atom. The van der Waals surface area contributed by atoms with E-state index in [1.54, 1.807) is 0 Å². The summed E-state index contributed by atoms with van der Waals surface area (Å²) in [6.45, 7) is 0.00918. The fraction of sp³-hybridized carbons (Fsp3) is 0.333. The Bertz CT molecular complexity index is 809. The minimum Gasteiger partial charge on any atom is -0.358 e. The molecule has 0 atom stereocenters. The molecule has 10 nitrogen and oxygen atoms in total. The molecule has 0 saturated carbocycles. The van der Waals surface area contributed by atoms with Crippen LogP contribution in [0, 0.1) is 17.0 Å². The molecule has 0 aliphatic heterocycles. The van der Waals surface area contributed by atoms with E-state index in [9.17, 15) is 28.1 Å². The van der Waals surface area contributed by atoms with E-state index in [0.717, 1.165) is 18.6 Å². The molecule has 2 aromatic heterocycles. The Hall–Kier alpha value is -3.25. The average Bonchev–Trinajstić information content (AvgIpc) is 3.05. The number of hydrogen-bond acceptors (Lipinski definition) is 6. The number of carbonyl (C=O) groups is 1. The van der Waals surface area contributed by atoms with Crippen molar-refractivity contribution in [1.29, 1.82) is 0 Å². The van der Waals surface area contributed by atoms with Gasteiger partial charge in [-0.25, -0.2) is 5.43 Å². The maximum absolute atomic E-state index is 12.2. The molecule has 1 N–H and O–H groups in total. The highest BCUT2D eigenvalue weighted by atomic mass is 19.4. The number of nitro groups is 1. The van der Waals surface area contributed by atoms with Gasteiger partial charge >= 0.3 is 12.0 Å². The molecule has 0 bridgehead atoms. The zero-order chi connectivity index (χ0) is 18.6.